The predicted octanol–water partition coefficient (Wildman–Crippen LogP) is 2.32. The fourth-order valence-corrected chi connectivity index (χ4v) is 2.91. The van der Waals surface area contributed by atoms with Crippen LogP contribution in [0.5, 0.6) is 0 Å². The first-order chi connectivity index (χ1) is 10.4. The van der Waals surface area contributed by atoms with E-state index in [4.69, 9.17) is 0 Å². The first kappa shape index (κ1) is 16.2. The number of imide groups is 1. The molecule has 5 nitrogen and oxygen atoms in total. The Kier molecular flexibility index (Phi) is 4.64. The monoisotopic (exact) mass is 302 g/mol. The molecule has 1 aliphatic rings. The lowest BCUT2D eigenvalue weighted by Crippen LogP contribution is -2.48. The number of fused-ring (bicyclic) bond motifs is 1. The maximum atomic E-state index is 12.8. The zero-order valence-electron chi connectivity index (χ0n) is 13.5. The quantitative estimate of drug-likeness (QED) is 0.849. The van der Waals surface area contributed by atoms with Crippen LogP contribution in [0.3, 0.4) is 0 Å². The van der Waals surface area contributed by atoms with Crippen molar-refractivity contribution in [2.24, 2.45) is 0 Å². The molecule has 0 aliphatic carbocycles. The maximum absolute atomic E-state index is 12.8. The molecule has 0 bridgehead atoms. The summed E-state index contributed by atoms with van der Waals surface area (Å²) in [5.74, 6) is -0.894. The van der Waals surface area contributed by atoms with Crippen molar-refractivity contribution in [2.45, 2.75) is 45.6 Å². The zero-order chi connectivity index (χ0) is 16.4. The van der Waals surface area contributed by atoms with Crippen LogP contribution < -0.4 is 5.32 Å². The fourth-order valence-electron chi connectivity index (χ4n) is 2.91. The minimum Gasteiger partial charge on any atom is -0.357 e. The number of carbonyl (C=O) groups excluding carboxylic acids is 3. The molecule has 2 rings (SSSR count). The molecule has 0 saturated carbocycles. The van der Waals surface area contributed by atoms with Crippen LogP contribution in [0.2, 0.25) is 0 Å². The van der Waals surface area contributed by atoms with E-state index in [9.17, 15) is 14.4 Å². The van der Waals surface area contributed by atoms with Gasteiger partial charge >= 0.3 is 0 Å². The number of carbonyl (C=O) groups is 3. The molecule has 0 saturated heterocycles. The highest BCUT2D eigenvalue weighted by molar-refractivity contribution is 6.23. The van der Waals surface area contributed by atoms with Crippen LogP contribution in [0.4, 0.5) is 0 Å². The van der Waals surface area contributed by atoms with E-state index < -0.39 is 6.04 Å². The first-order valence-corrected chi connectivity index (χ1v) is 7.66. The minimum atomic E-state index is -0.748. The molecule has 5 heteroatoms. The van der Waals surface area contributed by atoms with Crippen molar-refractivity contribution in [2.75, 3.05) is 7.05 Å². The second kappa shape index (κ2) is 6.30. The minimum absolute atomic E-state index is 0.135. The van der Waals surface area contributed by atoms with Gasteiger partial charge in [0, 0.05) is 7.05 Å². The number of hydrogen-bond acceptors (Lipinski definition) is 3. The summed E-state index contributed by atoms with van der Waals surface area (Å²) < 4.78 is 0. The average Bonchev–Trinajstić information content (AvgIpc) is 2.76. The standard InChI is InChI=1S/C17H22N2O3/c1-5-7-13(15(20)18-4)19-16(21)12-9-6-8-11(10(2)3)14(12)17(19)22/h6,8-10,13H,5,7H2,1-4H3,(H,18,20). The Hall–Kier alpha value is -2.17. The smallest absolute Gasteiger partial charge is 0.262 e. The van der Waals surface area contributed by atoms with E-state index >= 15 is 0 Å². The second-order valence-corrected chi connectivity index (χ2v) is 5.82. The number of likely N-dealkylation sites (N-methyl/N-ethyl adjacent to an activating group) is 1. The van der Waals surface area contributed by atoms with Crippen LogP contribution in [-0.4, -0.2) is 35.7 Å². The Morgan fingerprint density at radius 2 is 1.91 bits per heavy atom. The molecule has 1 N–H and O–H groups in total. The van der Waals surface area contributed by atoms with Crippen LogP contribution in [-0.2, 0) is 4.79 Å². The normalized spacial score (nSPS) is 15.2. The molecule has 0 spiro atoms. The number of nitrogens with zero attached hydrogens (tertiary/aromatic N) is 1. The van der Waals surface area contributed by atoms with Gasteiger partial charge in [-0.15, -0.1) is 0 Å². The van der Waals surface area contributed by atoms with Crippen LogP contribution in [0.1, 0.15) is 65.8 Å². The largest absolute Gasteiger partial charge is 0.357 e. The third-order valence-electron chi connectivity index (χ3n) is 4.02. The highest BCUT2D eigenvalue weighted by atomic mass is 16.2. The highest BCUT2D eigenvalue weighted by Crippen LogP contribution is 2.32. The lowest BCUT2D eigenvalue weighted by atomic mass is 9.94. The van der Waals surface area contributed by atoms with Gasteiger partial charge in [0.2, 0.25) is 5.91 Å². The average molecular weight is 302 g/mol. The van der Waals surface area contributed by atoms with Crippen molar-refractivity contribution in [1.29, 1.82) is 0 Å². The third kappa shape index (κ3) is 2.51. The number of amides is 3. The summed E-state index contributed by atoms with van der Waals surface area (Å²) >= 11 is 0. The SMILES string of the molecule is CCCC(C(=O)NC)N1C(=O)c2cccc(C(C)C)c2C1=O. The topological polar surface area (TPSA) is 66.5 Å². The second-order valence-electron chi connectivity index (χ2n) is 5.82. The molecule has 1 aliphatic heterocycles. The van der Waals surface area contributed by atoms with Crippen LogP contribution in [0.25, 0.3) is 0 Å². The van der Waals surface area contributed by atoms with Crippen molar-refractivity contribution < 1.29 is 14.4 Å². The Bertz CT molecular complexity index is 622. The molecule has 22 heavy (non-hydrogen) atoms. The van der Waals surface area contributed by atoms with E-state index in [1.165, 1.54) is 7.05 Å². The predicted molar refractivity (Wildman–Crippen MR) is 83.8 cm³/mol. The molecule has 118 valence electrons. The number of nitrogens with one attached hydrogen (secondary N) is 1. The van der Waals surface area contributed by atoms with Gasteiger partial charge in [-0.05, 0) is 24.0 Å². The van der Waals surface area contributed by atoms with Gasteiger partial charge in [-0.1, -0.05) is 39.3 Å². The number of rotatable bonds is 5. The summed E-state index contributed by atoms with van der Waals surface area (Å²) in [6.45, 7) is 5.89. The first-order valence-electron chi connectivity index (χ1n) is 7.66. The Balaban J connectivity index is 2.50. The Morgan fingerprint density at radius 3 is 2.45 bits per heavy atom. The molecule has 1 aromatic rings. The molecule has 1 heterocycles. The van der Waals surface area contributed by atoms with E-state index in [0.717, 1.165) is 10.5 Å². The third-order valence-corrected chi connectivity index (χ3v) is 4.02. The van der Waals surface area contributed by atoms with E-state index in [-0.39, 0.29) is 23.6 Å². The van der Waals surface area contributed by atoms with E-state index in [2.05, 4.69) is 5.32 Å². The molecule has 1 atom stereocenters. The van der Waals surface area contributed by atoms with E-state index in [0.29, 0.717) is 24.0 Å². The molecule has 1 unspecified atom stereocenters. The lowest BCUT2D eigenvalue weighted by molar-refractivity contribution is -0.124. The van der Waals surface area contributed by atoms with Crippen molar-refractivity contribution in [3.63, 3.8) is 0 Å². The van der Waals surface area contributed by atoms with E-state index in [1.807, 2.05) is 26.8 Å². The lowest BCUT2D eigenvalue weighted by Gasteiger charge is -2.24. The van der Waals surface area contributed by atoms with Crippen LogP contribution >= 0.6 is 0 Å². The van der Waals surface area contributed by atoms with Gasteiger partial charge in [-0.25, -0.2) is 0 Å². The summed E-state index contributed by atoms with van der Waals surface area (Å²) in [6.07, 6.45) is 1.17. The van der Waals surface area contributed by atoms with Gasteiger partial charge in [0.1, 0.15) is 6.04 Å². The van der Waals surface area contributed by atoms with Crippen molar-refractivity contribution in [1.82, 2.24) is 10.2 Å². The fraction of sp³-hybridized carbons (Fsp3) is 0.471. The summed E-state index contributed by atoms with van der Waals surface area (Å²) in [7, 11) is 1.52. The maximum Gasteiger partial charge on any atom is 0.262 e. The van der Waals surface area contributed by atoms with Gasteiger partial charge in [-0.2, -0.15) is 0 Å². The molecular formula is C17H22N2O3. The van der Waals surface area contributed by atoms with Crippen molar-refractivity contribution in [3.8, 4) is 0 Å². The molecule has 3 amide bonds. The van der Waals surface area contributed by atoms with Gasteiger partial charge in [0.25, 0.3) is 11.8 Å². The number of hydrogen-bond donors (Lipinski definition) is 1. The molecular weight excluding hydrogens is 280 g/mol. The summed E-state index contributed by atoms with van der Waals surface area (Å²) in [5, 5.41) is 2.55. The molecule has 0 aromatic heterocycles. The van der Waals surface area contributed by atoms with Crippen molar-refractivity contribution in [3.05, 3.63) is 34.9 Å². The van der Waals surface area contributed by atoms with E-state index in [1.54, 1.807) is 12.1 Å². The Morgan fingerprint density at radius 1 is 1.23 bits per heavy atom. The van der Waals surface area contributed by atoms with Crippen molar-refractivity contribution >= 4 is 17.7 Å². The van der Waals surface area contributed by atoms with Crippen LogP contribution in [0.15, 0.2) is 18.2 Å². The van der Waals surface area contributed by atoms with Gasteiger partial charge in [0.05, 0.1) is 11.1 Å². The summed E-state index contributed by atoms with van der Waals surface area (Å²) in [4.78, 5) is 38.7. The summed E-state index contributed by atoms with van der Waals surface area (Å²) in [6, 6.07) is 4.57. The van der Waals surface area contributed by atoms with Gasteiger partial charge < -0.3 is 5.32 Å². The Labute approximate surface area is 130 Å². The summed E-state index contributed by atoms with van der Waals surface area (Å²) in [5.41, 5.74) is 1.71. The molecule has 0 radical (unpaired) electrons. The molecule has 0 fully saturated rings. The molecule has 1 aromatic carbocycles. The van der Waals surface area contributed by atoms with Gasteiger partial charge in [0.15, 0.2) is 0 Å². The van der Waals surface area contributed by atoms with Gasteiger partial charge in [-0.3, -0.25) is 19.3 Å². The zero-order valence-corrected chi connectivity index (χ0v) is 13.5. The highest BCUT2D eigenvalue weighted by Gasteiger charge is 2.43. The number of benzene rings is 1. The van der Waals surface area contributed by atoms with Crippen LogP contribution in [0, 0.1) is 0 Å².